The van der Waals surface area contributed by atoms with Gasteiger partial charge in [0.2, 0.25) is 0 Å². The molecule has 1 nitrogen and oxygen atoms in total. The van der Waals surface area contributed by atoms with Crippen molar-refractivity contribution in [2.75, 3.05) is 0 Å². The van der Waals surface area contributed by atoms with Crippen LogP contribution in [0.25, 0.3) is 0 Å². The molecule has 0 radical (unpaired) electrons. The van der Waals surface area contributed by atoms with Crippen molar-refractivity contribution >= 4 is 11.6 Å². The molecule has 0 saturated carbocycles. The van der Waals surface area contributed by atoms with E-state index in [4.69, 9.17) is 17.3 Å². The lowest BCUT2D eigenvalue weighted by atomic mass is 10.00. The lowest BCUT2D eigenvalue weighted by molar-refractivity contribution is 0.619. The van der Waals surface area contributed by atoms with E-state index in [1.165, 1.54) is 17.7 Å². The Morgan fingerprint density at radius 3 is 2.22 bits per heavy atom. The molecule has 2 rings (SSSR count). The second-order valence-corrected chi connectivity index (χ2v) is 4.76. The second-order valence-electron chi connectivity index (χ2n) is 4.32. The van der Waals surface area contributed by atoms with E-state index >= 15 is 0 Å². The van der Waals surface area contributed by atoms with Crippen LogP contribution in [0.2, 0.25) is 5.02 Å². The molecule has 1 unspecified atom stereocenters. The monoisotopic (exact) mass is 263 g/mol. The number of halogens is 2. The minimum Gasteiger partial charge on any atom is -0.324 e. The highest BCUT2D eigenvalue weighted by Gasteiger charge is 2.06. The molecule has 2 aromatic rings. The van der Waals surface area contributed by atoms with Crippen molar-refractivity contribution in [3.63, 3.8) is 0 Å². The van der Waals surface area contributed by atoms with Crippen LogP contribution >= 0.6 is 11.6 Å². The van der Waals surface area contributed by atoms with E-state index < -0.39 is 0 Å². The summed E-state index contributed by atoms with van der Waals surface area (Å²) in [5, 5.41) is 0.738. The summed E-state index contributed by atoms with van der Waals surface area (Å²) in [6, 6.07) is 14.0. The Morgan fingerprint density at radius 1 is 1.00 bits per heavy atom. The van der Waals surface area contributed by atoms with Gasteiger partial charge in [0.1, 0.15) is 5.82 Å². The van der Waals surface area contributed by atoms with Crippen molar-refractivity contribution in [3.8, 4) is 0 Å². The van der Waals surface area contributed by atoms with Crippen LogP contribution in [-0.4, -0.2) is 0 Å². The fraction of sp³-hybridized carbons (Fsp3) is 0.200. The van der Waals surface area contributed by atoms with Gasteiger partial charge in [-0.3, -0.25) is 0 Å². The predicted octanol–water partition coefficient (Wildman–Crippen LogP) is 4.11. The van der Waals surface area contributed by atoms with Gasteiger partial charge >= 0.3 is 0 Å². The molecule has 1 atom stereocenters. The highest BCUT2D eigenvalue weighted by molar-refractivity contribution is 6.30. The molecule has 2 N–H and O–H groups in total. The first kappa shape index (κ1) is 13.1. The maximum absolute atomic E-state index is 12.8. The number of hydrogen-bond donors (Lipinski definition) is 1. The Bertz CT molecular complexity index is 493. The van der Waals surface area contributed by atoms with Crippen LogP contribution in [0, 0.1) is 5.82 Å². The quantitative estimate of drug-likeness (QED) is 0.883. The molecule has 2 aromatic carbocycles. The summed E-state index contributed by atoms with van der Waals surface area (Å²) in [4.78, 5) is 0. The number of nitrogens with two attached hydrogens (primary N) is 1. The summed E-state index contributed by atoms with van der Waals surface area (Å²) in [5.41, 5.74) is 8.24. The molecule has 0 amide bonds. The molecule has 0 saturated heterocycles. The van der Waals surface area contributed by atoms with Gasteiger partial charge in [-0.25, -0.2) is 4.39 Å². The molecule has 0 heterocycles. The van der Waals surface area contributed by atoms with Crippen molar-refractivity contribution in [1.82, 2.24) is 0 Å². The average Bonchev–Trinajstić information content (AvgIpc) is 2.38. The van der Waals surface area contributed by atoms with E-state index in [0.717, 1.165) is 23.4 Å². The Labute approximate surface area is 111 Å². The first-order valence-electron chi connectivity index (χ1n) is 5.90. The number of aryl methyl sites for hydroxylation is 1. The van der Waals surface area contributed by atoms with Gasteiger partial charge < -0.3 is 5.73 Å². The van der Waals surface area contributed by atoms with E-state index in [1.807, 2.05) is 24.3 Å². The van der Waals surface area contributed by atoms with Crippen molar-refractivity contribution in [2.24, 2.45) is 5.73 Å². The molecule has 0 aliphatic heterocycles. The van der Waals surface area contributed by atoms with E-state index in [0.29, 0.717) is 0 Å². The Hall–Kier alpha value is -1.38. The van der Waals surface area contributed by atoms with Gasteiger partial charge in [0.05, 0.1) is 0 Å². The van der Waals surface area contributed by atoms with E-state index in [9.17, 15) is 4.39 Å². The number of hydrogen-bond acceptors (Lipinski definition) is 1. The van der Waals surface area contributed by atoms with Gasteiger partial charge in [0.25, 0.3) is 0 Å². The van der Waals surface area contributed by atoms with Crippen molar-refractivity contribution < 1.29 is 4.39 Å². The molecule has 0 bridgehead atoms. The maximum atomic E-state index is 12.8. The van der Waals surface area contributed by atoms with Crippen molar-refractivity contribution in [3.05, 3.63) is 70.5 Å². The van der Waals surface area contributed by atoms with Crippen LogP contribution in [0.3, 0.4) is 0 Å². The summed E-state index contributed by atoms with van der Waals surface area (Å²) in [5.74, 6) is -0.233. The fourth-order valence-corrected chi connectivity index (χ4v) is 1.98. The van der Waals surface area contributed by atoms with E-state index in [1.54, 1.807) is 12.1 Å². The second kappa shape index (κ2) is 5.98. The Balaban J connectivity index is 1.93. The van der Waals surface area contributed by atoms with Crippen LogP contribution in [-0.2, 0) is 6.42 Å². The summed E-state index contributed by atoms with van der Waals surface area (Å²) >= 11 is 5.82. The largest absolute Gasteiger partial charge is 0.324 e. The summed E-state index contributed by atoms with van der Waals surface area (Å²) in [6.07, 6.45) is 1.71. The predicted molar refractivity (Wildman–Crippen MR) is 73.1 cm³/mol. The smallest absolute Gasteiger partial charge is 0.123 e. The van der Waals surface area contributed by atoms with Crippen LogP contribution in [0.1, 0.15) is 23.6 Å². The minimum absolute atomic E-state index is 0.0683. The van der Waals surface area contributed by atoms with Gasteiger partial charge in [-0.05, 0) is 48.2 Å². The molecular weight excluding hydrogens is 249 g/mol. The van der Waals surface area contributed by atoms with Gasteiger partial charge in [-0.15, -0.1) is 0 Å². The van der Waals surface area contributed by atoms with Crippen molar-refractivity contribution in [2.45, 2.75) is 18.9 Å². The van der Waals surface area contributed by atoms with E-state index in [-0.39, 0.29) is 11.9 Å². The molecular formula is C15H15ClFN. The van der Waals surface area contributed by atoms with Gasteiger partial charge in [-0.2, -0.15) is 0 Å². The van der Waals surface area contributed by atoms with Gasteiger partial charge in [-0.1, -0.05) is 35.9 Å². The molecule has 3 heteroatoms. The van der Waals surface area contributed by atoms with Crippen molar-refractivity contribution in [1.29, 1.82) is 0 Å². The topological polar surface area (TPSA) is 26.0 Å². The number of rotatable bonds is 4. The van der Waals surface area contributed by atoms with E-state index in [2.05, 4.69) is 0 Å². The minimum atomic E-state index is -0.233. The lowest BCUT2D eigenvalue weighted by Crippen LogP contribution is -2.11. The van der Waals surface area contributed by atoms with Gasteiger partial charge in [0.15, 0.2) is 0 Å². The zero-order chi connectivity index (χ0) is 13.0. The third-order valence-electron chi connectivity index (χ3n) is 2.96. The molecule has 0 aliphatic rings. The molecule has 0 aromatic heterocycles. The van der Waals surface area contributed by atoms with Crippen LogP contribution in [0.4, 0.5) is 4.39 Å². The summed E-state index contributed by atoms with van der Waals surface area (Å²) in [7, 11) is 0. The zero-order valence-corrected chi connectivity index (χ0v) is 10.7. The first-order valence-corrected chi connectivity index (χ1v) is 6.28. The Kier molecular flexibility index (Phi) is 4.34. The molecule has 94 valence electrons. The molecule has 18 heavy (non-hydrogen) atoms. The number of benzene rings is 2. The molecule has 0 aliphatic carbocycles. The first-order chi connectivity index (χ1) is 8.65. The third kappa shape index (κ3) is 3.56. The average molecular weight is 264 g/mol. The third-order valence-corrected chi connectivity index (χ3v) is 3.21. The maximum Gasteiger partial charge on any atom is 0.123 e. The fourth-order valence-electron chi connectivity index (χ4n) is 1.85. The van der Waals surface area contributed by atoms with Crippen LogP contribution < -0.4 is 5.73 Å². The summed E-state index contributed by atoms with van der Waals surface area (Å²) in [6.45, 7) is 0. The standard InChI is InChI=1S/C15H15ClFN/c16-13-6-1-11(2-7-13)3-10-15(18)12-4-8-14(17)9-5-12/h1-2,4-9,15H,3,10,18H2. The van der Waals surface area contributed by atoms with Gasteiger partial charge in [0, 0.05) is 11.1 Å². The Morgan fingerprint density at radius 2 is 1.61 bits per heavy atom. The zero-order valence-electron chi connectivity index (χ0n) is 9.94. The highest BCUT2D eigenvalue weighted by atomic mass is 35.5. The molecule has 0 spiro atoms. The summed E-state index contributed by atoms with van der Waals surface area (Å²) < 4.78 is 12.8. The molecule has 0 fully saturated rings. The highest BCUT2D eigenvalue weighted by Crippen LogP contribution is 2.18. The van der Waals surface area contributed by atoms with Crippen LogP contribution in [0.15, 0.2) is 48.5 Å². The normalized spacial score (nSPS) is 12.4. The SMILES string of the molecule is NC(CCc1ccc(Cl)cc1)c1ccc(F)cc1. The van der Waals surface area contributed by atoms with Crippen LogP contribution in [0.5, 0.6) is 0 Å². The lowest BCUT2D eigenvalue weighted by Gasteiger charge is -2.12.